The van der Waals surface area contributed by atoms with Crippen LogP contribution in [0.2, 0.25) is 0 Å². The minimum atomic E-state index is -0.836. The number of halogens is 2. The number of benzene rings is 2. The third-order valence-corrected chi connectivity index (χ3v) is 8.11. The maximum atomic E-state index is 13.5. The van der Waals surface area contributed by atoms with Gasteiger partial charge in [-0.2, -0.15) is 0 Å². The molecule has 4 amide bonds. The molecule has 5 rings (SSSR count). The standard InChI is InChI=1S/C28H29F2N3O4/c1-2-3-24(26(36)31-15-34)33-14-18-8-17(4-6-21(18)27(33)37)25(35)32-20-12-28(13-20)10-19(11-28)16-5-7-22(29)23(30)9-16/h4-9,15,19-20,24H,2-3,10-14H2,1H3,(H,32,35)(H,31,34,36). The quantitative estimate of drug-likeness (QED) is 0.529. The van der Waals surface area contributed by atoms with E-state index in [2.05, 4.69) is 10.6 Å². The molecule has 1 aliphatic heterocycles. The first-order valence-electron chi connectivity index (χ1n) is 12.7. The Kier molecular flexibility index (Phi) is 6.56. The first-order chi connectivity index (χ1) is 17.7. The normalized spacial score (nSPS) is 24.6. The minimum Gasteiger partial charge on any atom is -0.349 e. The lowest BCUT2D eigenvalue weighted by molar-refractivity contribution is -0.129. The van der Waals surface area contributed by atoms with E-state index in [9.17, 15) is 28.0 Å². The molecule has 0 bridgehead atoms. The van der Waals surface area contributed by atoms with Crippen molar-refractivity contribution in [3.05, 3.63) is 70.3 Å². The summed E-state index contributed by atoms with van der Waals surface area (Å²) in [4.78, 5) is 50.4. The van der Waals surface area contributed by atoms with Gasteiger partial charge in [-0.3, -0.25) is 24.5 Å². The molecule has 9 heteroatoms. The summed E-state index contributed by atoms with van der Waals surface area (Å²) in [6, 6.07) is 8.33. The van der Waals surface area contributed by atoms with Crippen molar-refractivity contribution < 1.29 is 28.0 Å². The lowest BCUT2D eigenvalue weighted by Crippen LogP contribution is -2.55. The average Bonchev–Trinajstić information content (AvgIpc) is 3.15. The Labute approximate surface area is 213 Å². The number of nitrogens with one attached hydrogen (secondary N) is 2. The average molecular weight is 510 g/mol. The van der Waals surface area contributed by atoms with Crippen LogP contribution in [0.3, 0.4) is 0 Å². The lowest BCUT2D eigenvalue weighted by atomic mass is 9.49. The van der Waals surface area contributed by atoms with Crippen LogP contribution in [-0.4, -0.2) is 41.1 Å². The highest BCUT2D eigenvalue weighted by molar-refractivity contribution is 6.03. The van der Waals surface area contributed by atoms with Gasteiger partial charge in [0, 0.05) is 23.7 Å². The zero-order valence-corrected chi connectivity index (χ0v) is 20.6. The Hall–Kier alpha value is -3.62. The van der Waals surface area contributed by atoms with Crippen LogP contribution in [0.15, 0.2) is 36.4 Å². The van der Waals surface area contributed by atoms with Crippen LogP contribution in [-0.2, 0) is 16.1 Å². The third kappa shape index (κ3) is 4.63. The smallest absolute Gasteiger partial charge is 0.255 e. The van der Waals surface area contributed by atoms with E-state index in [-0.39, 0.29) is 35.7 Å². The van der Waals surface area contributed by atoms with Gasteiger partial charge in [-0.1, -0.05) is 19.4 Å². The first-order valence-corrected chi connectivity index (χ1v) is 12.7. The summed E-state index contributed by atoms with van der Waals surface area (Å²) in [7, 11) is 0. The molecule has 37 heavy (non-hydrogen) atoms. The second kappa shape index (κ2) is 9.68. The van der Waals surface area contributed by atoms with E-state index in [4.69, 9.17) is 0 Å². The van der Waals surface area contributed by atoms with E-state index in [0.717, 1.165) is 31.2 Å². The van der Waals surface area contributed by atoms with Crippen molar-refractivity contribution in [1.29, 1.82) is 0 Å². The number of rotatable bonds is 8. The van der Waals surface area contributed by atoms with E-state index >= 15 is 0 Å². The number of imide groups is 1. The fraction of sp³-hybridized carbons (Fsp3) is 0.429. The molecule has 2 aliphatic carbocycles. The number of nitrogens with zero attached hydrogens (tertiary/aromatic N) is 1. The summed E-state index contributed by atoms with van der Waals surface area (Å²) in [5.41, 5.74) is 2.55. The van der Waals surface area contributed by atoms with E-state index in [0.29, 0.717) is 35.9 Å². The van der Waals surface area contributed by atoms with Crippen molar-refractivity contribution in [2.45, 2.75) is 70.0 Å². The van der Waals surface area contributed by atoms with E-state index in [1.54, 1.807) is 24.3 Å². The van der Waals surface area contributed by atoms with E-state index < -0.39 is 23.6 Å². The zero-order valence-electron chi connectivity index (χ0n) is 20.6. The fourth-order valence-corrected chi connectivity index (χ4v) is 6.27. The molecule has 2 aromatic carbocycles. The molecule has 2 N–H and O–H groups in total. The van der Waals surface area contributed by atoms with Crippen molar-refractivity contribution in [2.75, 3.05) is 0 Å². The highest BCUT2D eigenvalue weighted by Gasteiger charge is 2.53. The zero-order chi connectivity index (χ0) is 26.3. The van der Waals surface area contributed by atoms with Gasteiger partial charge in [-0.05, 0) is 84.9 Å². The van der Waals surface area contributed by atoms with E-state index in [1.165, 1.54) is 17.0 Å². The van der Waals surface area contributed by atoms with Crippen LogP contribution in [0.25, 0.3) is 0 Å². The molecule has 0 radical (unpaired) electrons. The molecule has 1 atom stereocenters. The van der Waals surface area contributed by atoms with Gasteiger partial charge in [0.05, 0.1) is 0 Å². The maximum absolute atomic E-state index is 13.5. The fourth-order valence-electron chi connectivity index (χ4n) is 6.27. The van der Waals surface area contributed by atoms with Crippen molar-refractivity contribution in [3.8, 4) is 0 Å². The van der Waals surface area contributed by atoms with Crippen LogP contribution < -0.4 is 10.6 Å². The molecule has 2 fully saturated rings. The third-order valence-electron chi connectivity index (χ3n) is 8.11. The van der Waals surface area contributed by atoms with Gasteiger partial charge in [0.2, 0.25) is 12.3 Å². The van der Waals surface area contributed by atoms with Crippen molar-refractivity contribution >= 4 is 24.1 Å². The number of hydrogen-bond donors (Lipinski definition) is 2. The second-order valence-corrected chi connectivity index (χ2v) is 10.6. The highest BCUT2D eigenvalue weighted by atomic mass is 19.2. The van der Waals surface area contributed by atoms with Gasteiger partial charge in [-0.15, -0.1) is 0 Å². The molecular formula is C28H29F2N3O4. The van der Waals surface area contributed by atoms with Crippen LogP contribution in [0.5, 0.6) is 0 Å². The monoisotopic (exact) mass is 509 g/mol. The van der Waals surface area contributed by atoms with Crippen LogP contribution >= 0.6 is 0 Å². The van der Waals surface area contributed by atoms with Gasteiger partial charge in [-0.25, -0.2) is 8.78 Å². The molecule has 194 valence electrons. The van der Waals surface area contributed by atoms with Gasteiger partial charge in [0.1, 0.15) is 6.04 Å². The SMILES string of the molecule is CCCC(C(=O)NC=O)N1Cc2cc(C(=O)NC3CC4(C3)CC(c3ccc(F)c(F)c3)C4)ccc2C1=O. The van der Waals surface area contributed by atoms with Crippen molar-refractivity contribution in [2.24, 2.45) is 5.41 Å². The summed E-state index contributed by atoms with van der Waals surface area (Å²) in [6.07, 6.45) is 4.90. The number of carbonyl (C=O) groups is 4. The molecule has 7 nitrogen and oxygen atoms in total. The number of carbonyl (C=O) groups excluding carboxylic acids is 4. The minimum absolute atomic E-state index is 0.0470. The van der Waals surface area contributed by atoms with Gasteiger partial charge < -0.3 is 10.2 Å². The second-order valence-electron chi connectivity index (χ2n) is 10.6. The summed E-state index contributed by atoms with van der Waals surface area (Å²) in [5.74, 6) is -2.46. The molecular weight excluding hydrogens is 480 g/mol. The Morgan fingerprint density at radius 1 is 1.11 bits per heavy atom. The van der Waals surface area contributed by atoms with Gasteiger partial charge in [0.15, 0.2) is 11.6 Å². The Balaban J connectivity index is 1.17. The van der Waals surface area contributed by atoms with E-state index in [1.807, 2.05) is 6.92 Å². The predicted molar refractivity (Wildman–Crippen MR) is 130 cm³/mol. The summed E-state index contributed by atoms with van der Waals surface area (Å²) < 4.78 is 26.8. The molecule has 1 heterocycles. The summed E-state index contributed by atoms with van der Waals surface area (Å²) >= 11 is 0. The van der Waals surface area contributed by atoms with Crippen LogP contribution in [0.4, 0.5) is 8.78 Å². The van der Waals surface area contributed by atoms with Crippen LogP contribution in [0.1, 0.15) is 83.2 Å². The molecule has 3 aliphatic rings. The van der Waals surface area contributed by atoms with Gasteiger partial charge >= 0.3 is 0 Å². The molecule has 0 saturated heterocycles. The lowest BCUT2D eigenvalue weighted by Gasteiger charge is -2.58. The molecule has 2 aromatic rings. The number of fused-ring (bicyclic) bond motifs is 1. The molecule has 1 spiro atoms. The first kappa shape index (κ1) is 25.0. The Bertz CT molecular complexity index is 1270. The molecule has 1 unspecified atom stereocenters. The Morgan fingerprint density at radius 2 is 1.86 bits per heavy atom. The summed E-state index contributed by atoms with van der Waals surface area (Å²) in [6.45, 7) is 2.10. The summed E-state index contributed by atoms with van der Waals surface area (Å²) in [5, 5.41) is 5.21. The van der Waals surface area contributed by atoms with Crippen molar-refractivity contribution in [3.63, 3.8) is 0 Å². The van der Waals surface area contributed by atoms with Crippen molar-refractivity contribution in [1.82, 2.24) is 15.5 Å². The molecule has 2 saturated carbocycles. The molecule has 0 aromatic heterocycles. The largest absolute Gasteiger partial charge is 0.349 e. The Morgan fingerprint density at radius 3 is 2.54 bits per heavy atom. The number of hydrogen-bond acceptors (Lipinski definition) is 4. The van der Waals surface area contributed by atoms with Crippen LogP contribution in [0, 0.1) is 17.0 Å². The predicted octanol–water partition coefficient (Wildman–Crippen LogP) is 3.82. The maximum Gasteiger partial charge on any atom is 0.255 e. The van der Waals surface area contributed by atoms with Gasteiger partial charge in [0.25, 0.3) is 11.8 Å². The topological polar surface area (TPSA) is 95.6 Å². The highest BCUT2D eigenvalue weighted by Crippen LogP contribution is 2.62. The number of amides is 4.